The Kier molecular flexibility index (Phi) is 3.87. The van der Waals surface area contributed by atoms with Gasteiger partial charge in [0.15, 0.2) is 17.1 Å². The van der Waals surface area contributed by atoms with Crippen LogP contribution in [0.3, 0.4) is 0 Å². The molecule has 0 amide bonds. The van der Waals surface area contributed by atoms with Crippen molar-refractivity contribution in [2.45, 2.75) is 25.4 Å². The fraction of sp³-hybridized carbons (Fsp3) is 0.364. The van der Waals surface area contributed by atoms with Crippen molar-refractivity contribution < 1.29 is 9.63 Å². The number of nitrogens with zero attached hydrogens (tertiary/aromatic N) is 2. The molecule has 0 bridgehead atoms. The van der Waals surface area contributed by atoms with E-state index in [4.69, 9.17) is 10.6 Å². The van der Waals surface area contributed by atoms with E-state index in [-0.39, 0.29) is 11.8 Å². The van der Waals surface area contributed by atoms with Gasteiger partial charge in [-0.15, -0.1) is 11.3 Å². The normalized spacial score (nSPS) is 20.2. The van der Waals surface area contributed by atoms with Crippen LogP contribution in [0.2, 0.25) is 0 Å². The zero-order valence-corrected chi connectivity index (χ0v) is 10.0. The highest BCUT2D eigenvalue weighted by molar-refractivity contribution is 7.13. The molecule has 0 aliphatic heterocycles. The van der Waals surface area contributed by atoms with Crippen LogP contribution in [0.1, 0.15) is 25.0 Å². The Morgan fingerprint density at radius 2 is 2.59 bits per heavy atom. The summed E-state index contributed by atoms with van der Waals surface area (Å²) >= 11 is 1.27. The highest BCUT2D eigenvalue weighted by atomic mass is 32.1. The average Bonchev–Trinajstić information content (AvgIpc) is 2.78. The van der Waals surface area contributed by atoms with Gasteiger partial charge in [-0.05, 0) is 25.3 Å². The number of nitrogen functional groups attached to an aromatic ring is 1. The number of nitrogens with two attached hydrogens (primary N) is 1. The van der Waals surface area contributed by atoms with E-state index in [1.165, 1.54) is 11.3 Å². The Morgan fingerprint density at radius 1 is 1.71 bits per heavy atom. The van der Waals surface area contributed by atoms with E-state index < -0.39 is 0 Å². The number of hydrogen-bond donors (Lipinski definition) is 1. The van der Waals surface area contributed by atoms with Gasteiger partial charge in [0.2, 0.25) is 0 Å². The standard InChI is InChI=1S/C11H13N3O2S/c12-11-13-10(7-17-11)9(6-15)14-16-8-4-2-1-3-5-8/h2,4,6-8H,1,3,5H2,(H2,12,13). The average molecular weight is 251 g/mol. The molecule has 90 valence electrons. The van der Waals surface area contributed by atoms with Crippen molar-refractivity contribution in [1.82, 2.24) is 4.98 Å². The largest absolute Gasteiger partial charge is 0.388 e. The second kappa shape index (κ2) is 5.58. The lowest BCUT2D eigenvalue weighted by Crippen LogP contribution is -2.12. The van der Waals surface area contributed by atoms with E-state index in [0.29, 0.717) is 17.1 Å². The molecule has 0 aromatic carbocycles. The first-order valence-corrected chi connectivity index (χ1v) is 6.24. The Labute approximate surface area is 103 Å². The molecule has 0 fully saturated rings. The number of oxime groups is 1. The monoisotopic (exact) mass is 251 g/mol. The molecule has 1 heterocycles. The fourth-order valence-electron chi connectivity index (χ4n) is 1.53. The third-order valence-electron chi connectivity index (χ3n) is 2.39. The predicted molar refractivity (Wildman–Crippen MR) is 67.0 cm³/mol. The molecule has 1 unspecified atom stereocenters. The molecular formula is C11H13N3O2S. The fourth-order valence-corrected chi connectivity index (χ4v) is 2.08. The molecule has 1 aliphatic rings. The van der Waals surface area contributed by atoms with Crippen molar-refractivity contribution in [3.63, 3.8) is 0 Å². The molecule has 1 atom stereocenters. The van der Waals surface area contributed by atoms with Gasteiger partial charge in [0.1, 0.15) is 11.8 Å². The first-order chi connectivity index (χ1) is 8.29. The maximum atomic E-state index is 10.9. The molecule has 0 spiro atoms. The Bertz CT molecular complexity index is 453. The third kappa shape index (κ3) is 3.13. The summed E-state index contributed by atoms with van der Waals surface area (Å²) in [6.07, 6.45) is 7.68. The Morgan fingerprint density at radius 3 is 3.18 bits per heavy atom. The smallest absolute Gasteiger partial charge is 0.180 e. The van der Waals surface area contributed by atoms with E-state index in [1.54, 1.807) is 5.38 Å². The molecule has 0 saturated heterocycles. The number of allylic oxidation sites excluding steroid dienone is 1. The van der Waals surface area contributed by atoms with Crippen LogP contribution in [0.25, 0.3) is 0 Å². The van der Waals surface area contributed by atoms with Crippen LogP contribution in [0, 0.1) is 0 Å². The molecule has 17 heavy (non-hydrogen) atoms. The maximum absolute atomic E-state index is 10.9. The number of carbonyl (C=O) groups excluding carboxylic acids is 1. The van der Waals surface area contributed by atoms with Crippen LogP contribution in [0.15, 0.2) is 22.7 Å². The van der Waals surface area contributed by atoms with E-state index in [1.807, 2.05) is 6.08 Å². The summed E-state index contributed by atoms with van der Waals surface area (Å²) in [6, 6.07) is 0. The van der Waals surface area contributed by atoms with Crippen LogP contribution in [-0.2, 0) is 9.63 Å². The van der Waals surface area contributed by atoms with E-state index >= 15 is 0 Å². The van der Waals surface area contributed by atoms with Crippen LogP contribution in [0.4, 0.5) is 5.13 Å². The topological polar surface area (TPSA) is 77.6 Å². The number of thiazole rings is 1. The first-order valence-electron chi connectivity index (χ1n) is 5.36. The Hall–Kier alpha value is -1.69. The minimum Gasteiger partial charge on any atom is -0.388 e. The van der Waals surface area contributed by atoms with Crippen LogP contribution in [-0.4, -0.2) is 23.1 Å². The molecule has 0 saturated carbocycles. The number of aldehydes is 1. The highest BCUT2D eigenvalue weighted by Gasteiger charge is 2.11. The van der Waals surface area contributed by atoms with E-state index in [9.17, 15) is 4.79 Å². The summed E-state index contributed by atoms with van der Waals surface area (Å²) in [5, 5.41) is 5.93. The summed E-state index contributed by atoms with van der Waals surface area (Å²) in [5.41, 5.74) is 6.13. The van der Waals surface area contributed by atoms with Gasteiger partial charge in [-0.2, -0.15) is 0 Å². The number of hydrogen-bond acceptors (Lipinski definition) is 6. The number of anilines is 1. The van der Waals surface area contributed by atoms with Gasteiger partial charge in [-0.25, -0.2) is 4.98 Å². The van der Waals surface area contributed by atoms with Crippen LogP contribution in [0.5, 0.6) is 0 Å². The summed E-state index contributed by atoms with van der Waals surface area (Å²) < 4.78 is 0. The minimum atomic E-state index is -0.0466. The van der Waals surface area contributed by atoms with Gasteiger partial charge in [-0.3, -0.25) is 4.79 Å². The predicted octanol–water partition coefficient (Wildman–Crippen LogP) is 1.75. The summed E-state index contributed by atoms with van der Waals surface area (Å²) in [6.45, 7) is 0. The second-order valence-electron chi connectivity index (χ2n) is 3.67. The zero-order valence-electron chi connectivity index (χ0n) is 9.20. The summed E-state index contributed by atoms with van der Waals surface area (Å²) in [4.78, 5) is 20.2. The van der Waals surface area contributed by atoms with Gasteiger partial charge in [0.25, 0.3) is 0 Å². The molecule has 2 rings (SSSR count). The Balaban J connectivity index is 2.05. The number of rotatable bonds is 4. The van der Waals surface area contributed by atoms with Crippen molar-refractivity contribution in [1.29, 1.82) is 0 Å². The lowest BCUT2D eigenvalue weighted by Gasteiger charge is -2.13. The van der Waals surface area contributed by atoms with E-state index in [0.717, 1.165) is 19.3 Å². The minimum absolute atomic E-state index is 0.0466. The second-order valence-corrected chi connectivity index (χ2v) is 4.56. The van der Waals surface area contributed by atoms with Gasteiger partial charge in [0, 0.05) is 5.38 Å². The molecule has 1 aliphatic carbocycles. The molecule has 6 heteroatoms. The quantitative estimate of drug-likeness (QED) is 0.383. The molecular weight excluding hydrogens is 238 g/mol. The van der Waals surface area contributed by atoms with Gasteiger partial charge in [0.05, 0.1) is 0 Å². The van der Waals surface area contributed by atoms with Crippen molar-refractivity contribution in [3.05, 3.63) is 23.2 Å². The number of carbonyl (C=O) groups is 1. The lowest BCUT2D eigenvalue weighted by atomic mass is 10.1. The molecule has 2 N–H and O–H groups in total. The van der Waals surface area contributed by atoms with Gasteiger partial charge >= 0.3 is 0 Å². The van der Waals surface area contributed by atoms with Crippen LogP contribution < -0.4 is 5.73 Å². The highest BCUT2D eigenvalue weighted by Crippen LogP contribution is 2.15. The van der Waals surface area contributed by atoms with Crippen LogP contribution >= 0.6 is 11.3 Å². The number of aromatic nitrogens is 1. The molecule has 1 aromatic heterocycles. The summed E-state index contributed by atoms with van der Waals surface area (Å²) in [5.74, 6) is 0. The van der Waals surface area contributed by atoms with Gasteiger partial charge < -0.3 is 10.6 Å². The van der Waals surface area contributed by atoms with E-state index in [2.05, 4.69) is 16.2 Å². The first kappa shape index (κ1) is 11.8. The zero-order chi connectivity index (χ0) is 12.1. The van der Waals surface area contributed by atoms with Crippen molar-refractivity contribution >= 4 is 28.5 Å². The third-order valence-corrected chi connectivity index (χ3v) is 3.07. The maximum Gasteiger partial charge on any atom is 0.180 e. The summed E-state index contributed by atoms with van der Waals surface area (Å²) in [7, 11) is 0. The van der Waals surface area contributed by atoms with Crippen molar-refractivity contribution in [2.75, 3.05) is 5.73 Å². The van der Waals surface area contributed by atoms with Crippen molar-refractivity contribution in [2.24, 2.45) is 5.16 Å². The van der Waals surface area contributed by atoms with Crippen molar-refractivity contribution in [3.8, 4) is 0 Å². The SMILES string of the molecule is Nc1nc(C(C=O)=NOC2C=CCCC2)cs1. The molecule has 0 radical (unpaired) electrons. The lowest BCUT2D eigenvalue weighted by molar-refractivity contribution is -0.102. The van der Waals surface area contributed by atoms with Gasteiger partial charge in [-0.1, -0.05) is 11.2 Å². The molecule has 5 nitrogen and oxygen atoms in total. The molecule has 1 aromatic rings.